The predicted molar refractivity (Wildman–Crippen MR) is 109 cm³/mol. The molecule has 2 rings (SSSR count). The zero-order valence-electron chi connectivity index (χ0n) is 15.3. The Bertz CT molecular complexity index is 896. The minimum Gasteiger partial charge on any atom is -0.348 e. The first-order valence-electron chi connectivity index (χ1n) is 8.17. The van der Waals surface area contributed by atoms with Gasteiger partial charge in [0.1, 0.15) is 6.54 Å². The van der Waals surface area contributed by atoms with E-state index >= 15 is 0 Å². The van der Waals surface area contributed by atoms with E-state index in [1.807, 2.05) is 39.0 Å². The lowest BCUT2D eigenvalue weighted by Gasteiger charge is -2.23. The molecule has 0 spiro atoms. The van der Waals surface area contributed by atoms with Crippen LogP contribution in [0.1, 0.15) is 29.7 Å². The third-order valence-corrected chi connectivity index (χ3v) is 5.88. The summed E-state index contributed by atoms with van der Waals surface area (Å²) < 4.78 is 26.2. The van der Waals surface area contributed by atoms with Crippen LogP contribution in [0.25, 0.3) is 0 Å². The zero-order chi connectivity index (χ0) is 19.5. The standard InChI is InChI=1S/C19H23BrN2O3S/c1-13-5-6-16(11-14(13)2)15(3)21-19(23)12-22(26(4,24)25)18-9-7-17(20)8-10-18/h5-11,15H,12H2,1-4H3,(H,21,23). The van der Waals surface area contributed by atoms with Gasteiger partial charge >= 0.3 is 0 Å². The fourth-order valence-corrected chi connectivity index (χ4v) is 3.66. The minimum atomic E-state index is -3.58. The minimum absolute atomic E-state index is 0.215. The summed E-state index contributed by atoms with van der Waals surface area (Å²) in [5.74, 6) is -0.357. The van der Waals surface area contributed by atoms with Crippen LogP contribution in [0.3, 0.4) is 0 Å². The van der Waals surface area contributed by atoms with Gasteiger partial charge in [-0.1, -0.05) is 34.1 Å². The number of anilines is 1. The third-order valence-electron chi connectivity index (χ3n) is 4.21. The number of carbonyl (C=O) groups is 1. The molecule has 2 aromatic rings. The normalized spacial score (nSPS) is 12.5. The van der Waals surface area contributed by atoms with Gasteiger partial charge in [0.15, 0.2) is 0 Å². The average Bonchev–Trinajstić information content (AvgIpc) is 2.55. The quantitative estimate of drug-likeness (QED) is 0.747. The highest BCUT2D eigenvalue weighted by Gasteiger charge is 2.22. The predicted octanol–water partition coefficient (Wildman–Crippen LogP) is 3.71. The first-order chi connectivity index (χ1) is 12.1. The maximum atomic E-state index is 12.4. The number of sulfonamides is 1. The van der Waals surface area contributed by atoms with Crippen LogP contribution in [0.4, 0.5) is 5.69 Å². The fourth-order valence-electron chi connectivity index (χ4n) is 2.54. The van der Waals surface area contributed by atoms with Crippen LogP contribution in [0.15, 0.2) is 46.9 Å². The second-order valence-corrected chi connectivity index (χ2v) is 9.20. The van der Waals surface area contributed by atoms with E-state index in [0.717, 1.165) is 26.2 Å². The van der Waals surface area contributed by atoms with Crippen molar-refractivity contribution in [1.82, 2.24) is 5.32 Å². The van der Waals surface area contributed by atoms with Crippen LogP contribution in [0.5, 0.6) is 0 Å². The molecule has 1 atom stereocenters. The van der Waals surface area contributed by atoms with Crippen molar-refractivity contribution < 1.29 is 13.2 Å². The SMILES string of the molecule is Cc1ccc(C(C)NC(=O)CN(c2ccc(Br)cc2)S(C)(=O)=O)cc1C. The van der Waals surface area contributed by atoms with Crippen molar-refractivity contribution >= 4 is 37.5 Å². The zero-order valence-corrected chi connectivity index (χ0v) is 17.7. The largest absolute Gasteiger partial charge is 0.348 e. The van der Waals surface area contributed by atoms with Crippen molar-refractivity contribution in [2.24, 2.45) is 0 Å². The van der Waals surface area contributed by atoms with Crippen molar-refractivity contribution in [3.05, 3.63) is 63.6 Å². The molecule has 2 aromatic carbocycles. The van der Waals surface area contributed by atoms with Gasteiger partial charge in [0.05, 0.1) is 18.0 Å². The van der Waals surface area contributed by atoms with E-state index in [9.17, 15) is 13.2 Å². The molecule has 0 aliphatic heterocycles. The van der Waals surface area contributed by atoms with Gasteiger partial charge in [-0.05, 0) is 61.7 Å². The van der Waals surface area contributed by atoms with Crippen molar-refractivity contribution in [2.75, 3.05) is 17.1 Å². The van der Waals surface area contributed by atoms with Gasteiger partial charge in [0, 0.05) is 4.47 Å². The molecule has 0 saturated carbocycles. The number of carbonyl (C=O) groups excluding carboxylic acids is 1. The molecular formula is C19H23BrN2O3S. The van der Waals surface area contributed by atoms with Gasteiger partial charge in [0.25, 0.3) is 0 Å². The number of halogens is 1. The number of nitrogens with one attached hydrogen (secondary N) is 1. The molecule has 1 unspecified atom stereocenters. The smallest absolute Gasteiger partial charge is 0.241 e. The van der Waals surface area contributed by atoms with Crippen molar-refractivity contribution in [3.63, 3.8) is 0 Å². The van der Waals surface area contributed by atoms with Crippen LogP contribution >= 0.6 is 15.9 Å². The van der Waals surface area contributed by atoms with E-state index in [2.05, 4.69) is 21.2 Å². The van der Waals surface area contributed by atoms with Gasteiger partial charge in [-0.25, -0.2) is 8.42 Å². The molecule has 0 heterocycles. The summed E-state index contributed by atoms with van der Waals surface area (Å²) in [6.07, 6.45) is 1.09. The molecule has 1 amide bonds. The lowest BCUT2D eigenvalue weighted by atomic mass is 10.0. The van der Waals surface area contributed by atoms with Crippen LogP contribution in [0.2, 0.25) is 0 Å². The monoisotopic (exact) mass is 438 g/mol. The second-order valence-electron chi connectivity index (χ2n) is 6.38. The number of hydrogen-bond donors (Lipinski definition) is 1. The topological polar surface area (TPSA) is 66.5 Å². The molecule has 0 aliphatic rings. The van der Waals surface area contributed by atoms with Gasteiger partial charge in [-0.15, -0.1) is 0 Å². The highest BCUT2D eigenvalue weighted by Crippen LogP contribution is 2.21. The third kappa shape index (κ3) is 5.32. The summed E-state index contributed by atoms with van der Waals surface area (Å²) in [5, 5.41) is 2.87. The molecule has 0 saturated heterocycles. The Morgan fingerprint density at radius 3 is 2.27 bits per heavy atom. The number of hydrogen-bond acceptors (Lipinski definition) is 3. The average molecular weight is 439 g/mol. The second kappa shape index (κ2) is 8.22. The first-order valence-corrected chi connectivity index (χ1v) is 10.8. The summed E-state index contributed by atoms with van der Waals surface area (Å²) >= 11 is 3.32. The van der Waals surface area contributed by atoms with Crippen LogP contribution in [-0.2, 0) is 14.8 Å². The van der Waals surface area contributed by atoms with E-state index < -0.39 is 10.0 Å². The van der Waals surface area contributed by atoms with E-state index in [1.54, 1.807) is 24.3 Å². The van der Waals surface area contributed by atoms with Crippen LogP contribution in [-0.4, -0.2) is 27.1 Å². The maximum absolute atomic E-state index is 12.4. The van der Waals surface area contributed by atoms with E-state index in [1.165, 1.54) is 5.56 Å². The highest BCUT2D eigenvalue weighted by atomic mass is 79.9. The molecule has 5 nitrogen and oxygen atoms in total. The highest BCUT2D eigenvalue weighted by molar-refractivity contribution is 9.10. The summed E-state index contributed by atoms with van der Waals surface area (Å²) in [6.45, 7) is 5.67. The van der Waals surface area contributed by atoms with E-state index in [0.29, 0.717) is 5.69 Å². The number of amides is 1. The van der Waals surface area contributed by atoms with Crippen molar-refractivity contribution in [1.29, 1.82) is 0 Å². The molecule has 0 fully saturated rings. The molecule has 1 N–H and O–H groups in total. The summed E-state index contributed by atoms with van der Waals surface area (Å²) in [7, 11) is -3.58. The Balaban J connectivity index is 2.14. The number of aryl methyl sites for hydroxylation is 2. The van der Waals surface area contributed by atoms with Gasteiger partial charge < -0.3 is 5.32 Å². The molecule has 0 radical (unpaired) electrons. The van der Waals surface area contributed by atoms with Crippen molar-refractivity contribution in [2.45, 2.75) is 26.8 Å². The van der Waals surface area contributed by atoms with Crippen LogP contribution in [0, 0.1) is 13.8 Å². The molecule has 26 heavy (non-hydrogen) atoms. The summed E-state index contributed by atoms with van der Waals surface area (Å²) in [6, 6.07) is 12.6. The fraction of sp³-hybridized carbons (Fsp3) is 0.316. The molecule has 0 aliphatic carbocycles. The van der Waals surface area contributed by atoms with Crippen molar-refractivity contribution in [3.8, 4) is 0 Å². The summed E-state index contributed by atoms with van der Waals surface area (Å²) in [4.78, 5) is 12.4. The Kier molecular flexibility index (Phi) is 6.47. The Morgan fingerprint density at radius 2 is 1.73 bits per heavy atom. The Hall–Kier alpha value is -1.86. The van der Waals surface area contributed by atoms with Gasteiger partial charge in [-0.3, -0.25) is 9.10 Å². The lowest BCUT2D eigenvalue weighted by molar-refractivity contribution is -0.120. The number of rotatable bonds is 6. The molecule has 0 bridgehead atoms. The van der Waals surface area contributed by atoms with Crippen LogP contribution < -0.4 is 9.62 Å². The lowest BCUT2D eigenvalue weighted by Crippen LogP contribution is -2.41. The number of benzene rings is 2. The molecule has 140 valence electrons. The Morgan fingerprint density at radius 1 is 1.12 bits per heavy atom. The number of nitrogens with zero attached hydrogens (tertiary/aromatic N) is 1. The van der Waals surface area contributed by atoms with E-state index in [-0.39, 0.29) is 18.5 Å². The van der Waals surface area contributed by atoms with Gasteiger partial charge in [0.2, 0.25) is 15.9 Å². The van der Waals surface area contributed by atoms with Gasteiger partial charge in [-0.2, -0.15) is 0 Å². The molecule has 0 aromatic heterocycles. The first kappa shape index (κ1) is 20.5. The Labute approximate surface area is 163 Å². The molecular weight excluding hydrogens is 416 g/mol. The van der Waals surface area contributed by atoms with E-state index in [4.69, 9.17) is 0 Å². The maximum Gasteiger partial charge on any atom is 0.241 e. The summed E-state index contributed by atoms with van der Waals surface area (Å²) in [5.41, 5.74) is 3.77. The molecule has 7 heteroatoms.